The van der Waals surface area contributed by atoms with Crippen LogP contribution in [0, 0.1) is 17.7 Å². The molecule has 2 rings (SSSR count). The number of benzene rings is 1. The molecule has 166 valence electrons. The van der Waals surface area contributed by atoms with Crippen molar-refractivity contribution in [3.8, 4) is 0 Å². The number of hydrogen-bond donors (Lipinski definition) is 2. The van der Waals surface area contributed by atoms with Gasteiger partial charge in [0.1, 0.15) is 5.82 Å². The van der Waals surface area contributed by atoms with E-state index in [0.29, 0.717) is 18.4 Å². The molecule has 1 aromatic rings. The summed E-state index contributed by atoms with van der Waals surface area (Å²) in [5, 5.41) is 6.79. The fraction of sp³-hybridized carbons (Fsp3) is 0.682. The van der Waals surface area contributed by atoms with Gasteiger partial charge in [-0.15, -0.1) is 24.0 Å². The van der Waals surface area contributed by atoms with Crippen LogP contribution in [-0.2, 0) is 11.3 Å². The number of hydrogen-bond acceptors (Lipinski definition) is 3. The van der Waals surface area contributed by atoms with Crippen LogP contribution in [0.5, 0.6) is 0 Å². The Bertz CT molecular complexity index is 592. The van der Waals surface area contributed by atoms with Crippen LogP contribution < -0.4 is 10.6 Å². The molecule has 0 saturated carbocycles. The van der Waals surface area contributed by atoms with Crippen LogP contribution >= 0.6 is 24.0 Å². The highest BCUT2D eigenvalue weighted by Crippen LogP contribution is 2.19. The molecule has 0 bridgehead atoms. The first-order valence-electron chi connectivity index (χ1n) is 10.6. The topological polar surface area (TPSA) is 48.9 Å². The van der Waals surface area contributed by atoms with E-state index in [1.54, 1.807) is 12.1 Å². The maximum atomic E-state index is 13.8. The number of ether oxygens (including phenoxy) is 1. The minimum absolute atomic E-state index is 0. The third-order valence-electron chi connectivity index (χ3n) is 5.05. The van der Waals surface area contributed by atoms with Crippen molar-refractivity contribution in [3.63, 3.8) is 0 Å². The van der Waals surface area contributed by atoms with Gasteiger partial charge >= 0.3 is 0 Å². The van der Waals surface area contributed by atoms with Crippen molar-refractivity contribution in [1.82, 2.24) is 15.5 Å². The molecule has 1 aliphatic heterocycles. The SMILES string of the molecule is CN=C(NCCCOCC(C)C)NCC1CCN(Cc2ccccc2F)CC1.I. The molecular formula is C22H38FIN4O. The minimum Gasteiger partial charge on any atom is -0.381 e. The second-order valence-electron chi connectivity index (χ2n) is 8.01. The molecule has 0 unspecified atom stereocenters. The quantitative estimate of drug-likeness (QED) is 0.213. The first-order valence-corrected chi connectivity index (χ1v) is 10.6. The Balaban J connectivity index is 0.00000420. The second-order valence-corrected chi connectivity index (χ2v) is 8.01. The van der Waals surface area contributed by atoms with Crippen LogP contribution in [0.2, 0.25) is 0 Å². The van der Waals surface area contributed by atoms with E-state index in [-0.39, 0.29) is 29.8 Å². The maximum Gasteiger partial charge on any atom is 0.190 e. The summed E-state index contributed by atoms with van der Waals surface area (Å²) >= 11 is 0. The van der Waals surface area contributed by atoms with Gasteiger partial charge in [-0.3, -0.25) is 9.89 Å². The van der Waals surface area contributed by atoms with Crippen LogP contribution in [0.15, 0.2) is 29.3 Å². The molecule has 1 heterocycles. The lowest BCUT2D eigenvalue weighted by atomic mass is 9.96. The number of halogens is 2. The van der Waals surface area contributed by atoms with E-state index in [2.05, 4.69) is 34.4 Å². The first kappa shape index (κ1) is 26.1. The fourth-order valence-electron chi connectivity index (χ4n) is 3.38. The van der Waals surface area contributed by atoms with Crippen LogP contribution in [0.4, 0.5) is 4.39 Å². The van der Waals surface area contributed by atoms with E-state index in [0.717, 1.165) is 70.2 Å². The Morgan fingerprint density at radius 3 is 2.62 bits per heavy atom. The fourth-order valence-corrected chi connectivity index (χ4v) is 3.38. The Labute approximate surface area is 192 Å². The van der Waals surface area contributed by atoms with Gasteiger partial charge in [0.15, 0.2) is 5.96 Å². The molecule has 0 radical (unpaired) electrons. The van der Waals surface area contributed by atoms with Crippen molar-refractivity contribution in [2.75, 3.05) is 46.4 Å². The predicted octanol–water partition coefficient (Wildman–Crippen LogP) is 3.88. The second kappa shape index (κ2) is 15.0. The van der Waals surface area contributed by atoms with Crippen molar-refractivity contribution in [2.45, 2.75) is 39.7 Å². The summed E-state index contributed by atoms with van der Waals surface area (Å²) in [6.07, 6.45) is 3.23. The average molecular weight is 520 g/mol. The lowest BCUT2D eigenvalue weighted by molar-refractivity contribution is 0.108. The first-order chi connectivity index (χ1) is 13.6. The highest BCUT2D eigenvalue weighted by molar-refractivity contribution is 14.0. The van der Waals surface area contributed by atoms with Crippen LogP contribution in [0.25, 0.3) is 0 Å². The molecule has 5 nitrogen and oxygen atoms in total. The molecule has 7 heteroatoms. The predicted molar refractivity (Wildman–Crippen MR) is 129 cm³/mol. The van der Waals surface area contributed by atoms with Gasteiger partial charge in [-0.25, -0.2) is 4.39 Å². The summed E-state index contributed by atoms with van der Waals surface area (Å²) in [5.41, 5.74) is 0.793. The Kier molecular flexibility index (Phi) is 13.5. The summed E-state index contributed by atoms with van der Waals surface area (Å²) in [7, 11) is 1.81. The normalized spacial score (nSPS) is 16.0. The highest BCUT2D eigenvalue weighted by atomic mass is 127. The molecule has 0 aliphatic carbocycles. The highest BCUT2D eigenvalue weighted by Gasteiger charge is 2.20. The largest absolute Gasteiger partial charge is 0.381 e. The van der Waals surface area contributed by atoms with E-state index >= 15 is 0 Å². The van der Waals surface area contributed by atoms with Gasteiger partial charge in [-0.05, 0) is 50.3 Å². The van der Waals surface area contributed by atoms with E-state index in [1.807, 2.05) is 19.2 Å². The van der Waals surface area contributed by atoms with Crippen molar-refractivity contribution in [1.29, 1.82) is 0 Å². The third-order valence-corrected chi connectivity index (χ3v) is 5.05. The average Bonchev–Trinajstić information content (AvgIpc) is 2.69. The van der Waals surface area contributed by atoms with Crippen LogP contribution in [0.1, 0.15) is 38.7 Å². The zero-order chi connectivity index (χ0) is 20.2. The van der Waals surface area contributed by atoms with Crippen molar-refractivity contribution in [2.24, 2.45) is 16.8 Å². The molecule has 29 heavy (non-hydrogen) atoms. The van der Waals surface area contributed by atoms with Gasteiger partial charge in [0.2, 0.25) is 0 Å². The molecule has 0 spiro atoms. The number of nitrogens with one attached hydrogen (secondary N) is 2. The van der Waals surface area contributed by atoms with Gasteiger partial charge in [0.05, 0.1) is 0 Å². The number of likely N-dealkylation sites (tertiary alicyclic amines) is 1. The molecular weight excluding hydrogens is 482 g/mol. The van der Waals surface area contributed by atoms with Gasteiger partial charge in [0, 0.05) is 45.5 Å². The Morgan fingerprint density at radius 2 is 1.97 bits per heavy atom. The monoisotopic (exact) mass is 520 g/mol. The maximum absolute atomic E-state index is 13.8. The van der Waals surface area contributed by atoms with Crippen molar-refractivity contribution >= 4 is 29.9 Å². The van der Waals surface area contributed by atoms with E-state index in [1.165, 1.54) is 0 Å². The number of aliphatic imine (C=N–C) groups is 1. The zero-order valence-electron chi connectivity index (χ0n) is 18.1. The third kappa shape index (κ3) is 10.6. The van der Waals surface area contributed by atoms with Crippen molar-refractivity contribution in [3.05, 3.63) is 35.6 Å². The van der Waals surface area contributed by atoms with Crippen LogP contribution in [0.3, 0.4) is 0 Å². The van der Waals surface area contributed by atoms with E-state index in [4.69, 9.17) is 4.74 Å². The molecule has 0 aromatic heterocycles. The van der Waals surface area contributed by atoms with E-state index in [9.17, 15) is 4.39 Å². The Hall–Kier alpha value is -0.930. The number of guanidine groups is 1. The molecule has 1 saturated heterocycles. The standard InChI is InChI=1S/C22H37FN4O.HI/c1-18(2)17-28-14-6-11-25-22(24-3)26-15-19-9-12-27(13-10-19)16-20-7-4-5-8-21(20)23;/h4-5,7-8,18-19H,6,9-17H2,1-3H3,(H2,24,25,26);1H. The number of nitrogens with zero attached hydrogens (tertiary/aromatic N) is 2. The summed E-state index contributed by atoms with van der Waals surface area (Å²) in [4.78, 5) is 6.65. The number of piperidine rings is 1. The summed E-state index contributed by atoms with van der Waals surface area (Å²) in [6, 6.07) is 7.08. The minimum atomic E-state index is -0.101. The summed E-state index contributed by atoms with van der Waals surface area (Å²) < 4.78 is 19.4. The summed E-state index contributed by atoms with van der Waals surface area (Å²) in [6.45, 7) is 10.4. The van der Waals surface area contributed by atoms with Gasteiger partial charge < -0.3 is 15.4 Å². The van der Waals surface area contributed by atoms with Gasteiger partial charge in [-0.2, -0.15) is 0 Å². The lowest BCUT2D eigenvalue weighted by Gasteiger charge is -2.32. The van der Waals surface area contributed by atoms with E-state index < -0.39 is 0 Å². The molecule has 0 atom stereocenters. The molecule has 1 fully saturated rings. The van der Waals surface area contributed by atoms with Crippen LogP contribution in [-0.4, -0.2) is 57.3 Å². The van der Waals surface area contributed by atoms with Gasteiger partial charge in [-0.1, -0.05) is 32.0 Å². The molecule has 0 amide bonds. The van der Waals surface area contributed by atoms with Gasteiger partial charge in [0.25, 0.3) is 0 Å². The molecule has 1 aliphatic rings. The number of rotatable bonds is 10. The molecule has 2 N–H and O–H groups in total. The zero-order valence-corrected chi connectivity index (χ0v) is 20.5. The van der Waals surface area contributed by atoms with Crippen molar-refractivity contribution < 1.29 is 9.13 Å². The lowest BCUT2D eigenvalue weighted by Crippen LogP contribution is -2.43. The molecule has 1 aromatic carbocycles. The summed E-state index contributed by atoms with van der Waals surface area (Å²) in [5.74, 6) is 1.97. The Morgan fingerprint density at radius 1 is 1.24 bits per heavy atom. The smallest absolute Gasteiger partial charge is 0.190 e.